The van der Waals surface area contributed by atoms with Gasteiger partial charge >= 0.3 is 6.03 Å². The van der Waals surface area contributed by atoms with E-state index in [1.165, 1.54) is 21.9 Å². The topological polar surface area (TPSA) is 47.6 Å². The highest BCUT2D eigenvalue weighted by Crippen LogP contribution is 2.25. The first-order valence-corrected chi connectivity index (χ1v) is 13.6. The largest absolute Gasteiger partial charge is 0.347 e. The van der Waals surface area contributed by atoms with E-state index in [4.69, 9.17) is 0 Å². The molecule has 2 N–H and O–H groups in total. The first-order valence-electron chi connectivity index (χ1n) is 13.6. The standard InChI is InChI=1S/C32H37BN4O/c1-24(30-13-7-11-28-10-5-6-12-31(28)30)35-32(38)37(29-18-19-36(33)23-29)22-27-16-14-26(15-17-27)21-34-20-25-8-3-2-4-9-25/h2-17,24,29,34H,18-23,33H2,1H3,(H,35,38). The molecule has 0 saturated carbocycles. The molecule has 4 aromatic carbocycles. The maximum atomic E-state index is 13.7. The van der Waals surface area contributed by atoms with Gasteiger partial charge in [-0.25, -0.2) is 4.79 Å². The van der Waals surface area contributed by atoms with E-state index < -0.39 is 0 Å². The summed E-state index contributed by atoms with van der Waals surface area (Å²) in [6.45, 7) is 6.26. The molecule has 5 nitrogen and oxygen atoms in total. The molecule has 0 radical (unpaired) electrons. The van der Waals surface area contributed by atoms with Gasteiger partial charge < -0.3 is 20.3 Å². The Kier molecular flexibility index (Phi) is 8.42. The molecule has 194 valence electrons. The van der Waals surface area contributed by atoms with E-state index in [0.717, 1.165) is 43.7 Å². The van der Waals surface area contributed by atoms with Crippen LogP contribution >= 0.6 is 0 Å². The molecule has 1 aliphatic rings. The summed E-state index contributed by atoms with van der Waals surface area (Å²) < 4.78 is 0. The molecule has 2 amide bonds. The third kappa shape index (κ3) is 6.44. The summed E-state index contributed by atoms with van der Waals surface area (Å²) in [5.74, 6) is 0. The van der Waals surface area contributed by atoms with Crippen molar-refractivity contribution in [1.82, 2.24) is 20.3 Å². The average Bonchev–Trinajstić information content (AvgIpc) is 3.38. The van der Waals surface area contributed by atoms with Crippen molar-refractivity contribution < 1.29 is 4.79 Å². The van der Waals surface area contributed by atoms with Crippen LogP contribution in [0.5, 0.6) is 0 Å². The van der Waals surface area contributed by atoms with Crippen LogP contribution < -0.4 is 10.6 Å². The van der Waals surface area contributed by atoms with Crippen LogP contribution in [-0.4, -0.2) is 42.9 Å². The summed E-state index contributed by atoms with van der Waals surface area (Å²) in [6, 6.07) is 33.9. The predicted molar refractivity (Wildman–Crippen MR) is 158 cm³/mol. The van der Waals surface area contributed by atoms with Gasteiger partial charge in [0.25, 0.3) is 0 Å². The van der Waals surface area contributed by atoms with Crippen LogP contribution in [0.4, 0.5) is 4.79 Å². The second kappa shape index (κ2) is 12.3. The second-order valence-electron chi connectivity index (χ2n) is 10.5. The Bertz CT molecular complexity index is 1340. The van der Waals surface area contributed by atoms with E-state index >= 15 is 0 Å². The smallest absolute Gasteiger partial charge is 0.318 e. The lowest BCUT2D eigenvalue weighted by molar-refractivity contribution is 0.170. The van der Waals surface area contributed by atoms with Crippen LogP contribution in [0.3, 0.4) is 0 Å². The minimum Gasteiger partial charge on any atom is -0.347 e. The number of benzene rings is 4. The molecule has 1 heterocycles. The second-order valence-corrected chi connectivity index (χ2v) is 10.5. The number of fused-ring (bicyclic) bond motifs is 1. The van der Waals surface area contributed by atoms with Crippen LogP contribution in [0.15, 0.2) is 97.1 Å². The molecule has 2 unspecified atom stereocenters. The van der Waals surface area contributed by atoms with E-state index in [2.05, 4.69) is 121 Å². The summed E-state index contributed by atoms with van der Waals surface area (Å²) in [5.41, 5.74) is 4.82. The highest BCUT2D eigenvalue weighted by molar-refractivity contribution is 6.04. The van der Waals surface area contributed by atoms with E-state index in [0.29, 0.717) is 6.54 Å². The number of amides is 2. The van der Waals surface area contributed by atoms with Crippen molar-refractivity contribution in [2.24, 2.45) is 0 Å². The minimum atomic E-state index is -0.0895. The van der Waals surface area contributed by atoms with Gasteiger partial charge in [0.05, 0.1) is 6.04 Å². The van der Waals surface area contributed by atoms with E-state index in [-0.39, 0.29) is 18.1 Å². The third-order valence-corrected chi connectivity index (χ3v) is 7.57. The average molecular weight is 504 g/mol. The molecular weight excluding hydrogens is 467 g/mol. The zero-order valence-corrected chi connectivity index (χ0v) is 22.4. The number of carbonyl (C=O) groups is 1. The molecule has 38 heavy (non-hydrogen) atoms. The van der Waals surface area contributed by atoms with E-state index in [9.17, 15) is 4.79 Å². The maximum absolute atomic E-state index is 13.7. The van der Waals surface area contributed by atoms with E-state index in [1.807, 2.05) is 11.0 Å². The van der Waals surface area contributed by atoms with Crippen LogP contribution in [0, 0.1) is 0 Å². The SMILES string of the molecule is BN1CCC(N(Cc2ccc(CNCc3ccccc3)cc2)C(=O)NC(C)c2cccc3ccccc23)C1. The van der Waals surface area contributed by atoms with Gasteiger partial charge in [-0.2, -0.15) is 0 Å². The quantitative estimate of drug-likeness (QED) is 0.315. The van der Waals surface area contributed by atoms with Gasteiger partial charge in [-0.15, -0.1) is 0 Å². The van der Waals surface area contributed by atoms with Crippen molar-refractivity contribution >= 4 is 24.8 Å². The molecule has 5 rings (SSSR count). The number of urea groups is 1. The summed E-state index contributed by atoms with van der Waals surface area (Å²) >= 11 is 0. The summed E-state index contributed by atoms with van der Waals surface area (Å²) in [5, 5.41) is 9.21. The molecule has 0 bridgehead atoms. The molecule has 2 atom stereocenters. The predicted octanol–water partition coefficient (Wildman–Crippen LogP) is 5.02. The molecule has 4 aromatic rings. The first-order chi connectivity index (χ1) is 18.6. The molecule has 1 fully saturated rings. The number of hydrogen-bond acceptors (Lipinski definition) is 3. The Morgan fingerprint density at radius 2 is 1.55 bits per heavy atom. The van der Waals surface area contributed by atoms with Gasteiger partial charge in [0, 0.05) is 32.2 Å². The van der Waals surface area contributed by atoms with Gasteiger partial charge in [0.1, 0.15) is 0 Å². The lowest BCUT2D eigenvalue weighted by atomic mass is 10.00. The van der Waals surface area contributed by atoms with Crippen molar-refractivity contribution in [1.29, 1.82) is 0 Å². The highest BCUT2D eigenvalue weighted by Gasteiger charge is 2.30. The zero-order chi connectivity index (χ0) is 26.3. The Hall–Kier alpha value is -3.61. The number of hydrogen-bond donors (Lipinski definition) is 2. The Morgan fingerprint density at radius 3 is 2.29 bits per heavy atom. The fourth-order valence-electron chi connectivity index (χ4n) is 5.41. The van der Waals surface area contributed by atoms with Crippen molar-refractivity contribution in [2.45, 2.75) is 45.1 Å². The van der Waals surface area contributed by atoms with Crippen LogP contribution in [-0.2, 0) is 19.6 Å². The number of rotatable bonds is 9. The molecule has 0 aromatic heterocycles. The Balaban J connectivity index is 1.25. The van der Waals surface area contributed by atoms with Crippen LogP contribution in [0.1, 0.15) is 41.6 Å². The molecule has 0 spiro atoms. The van der Waals surface area contributed by atoms with Gasteiger partial charge in [-0.1, -0.05) is 97.1 Å². The summed E-state index contributed by atoms with van der Waals surface area (Å²) in [7, 11) is 2.13. The number of nitrogens with zero attached hydrogens (tertiary/aromatic N) is 2. The van der Waals surface area contributed by atoms with Crippen molar-refractivity contribution in [2.75, 3.05) is 13.1 Å². The maximum Gasteiger partial charge on any atom is 0.318 e. The number of nitrogens with one attached hydrogen (secondary N) is 2. The van der Waals surface area contributed by atoms with E-state index in [1.54, 1.807) is 0 Å². The van der Waals surface area contributed by atoms with Gasteiger partial charge in [0.2, 0.25) is 0 Å². The summed E-state index contributed by atoms with van der Waals surface area (Å²) in [4.78, 5) is 18.0. The summed E-state index contributed by atoms with van der Waals surface area (Å²) in [6.07, 6.45) is 0.994. The highest BCUT2D eigenvalue weighted by atomic mass is 16.2. The number of carbonyl (C=O) groups excluding carboxylic acids is 1. The first kappa shape index (κ1) is 26.0. The lowest BCUT2D eigenvalue weighted by Crippen LogP contribution is -2.47. The third-order valence-electron chi connectivity index (χ3n) is 7.57. The van der Waals surface area contributed by atoms with Gasteiger partial charge in [-0.05, 0) is 52.9 Å². The normalized spacial score (nSPS) is 16.4. The molecule has 6 heteroatoms. The van der Waals surface area contributed by atoms with Crippen molar-refractivity contribution in [3.05, 3.63) is 119 Å². The van der Waals surface area contributed by atoms with Gasteiger partial charge in [0.15, 0.2) is 7.98 Å². The molecule has 1 aliphatic heterocycles. The van der Waals surface area contributed by atoms with Gasteiger partial charge in [-0.3, -0.25) is 0 Å². The molecule has 0 aliphatic carbocycles. The van der Waals surface area contributed by atoms with Crippen LogP contribution in [0.2, 0.25) is 0 Å². The Labute approximate surface area is 227 Å². The van der Waals surface area contributed by atoms with Crippen LogP contribution in [0.25, 0.3) is 10.8 Å². The monoisotopic (exact) mass is 504 g/mol. The lowest BCUT2D eigenvalue weighted by Gasteiger charge is -2.31. The minimum absolute atomic E-state index is 0.000613. The zero-order valence-electron chi connectivity index (χ0n) is 22.4. The van der Waals surface area contributed by atoms with Crippen molar-refractivity contribution in [3.8, 4) is 0 Å². The fourth-order valence-corrected chi connectivity index (χ4v) is 5.41. The fraction of sp³-hybridized carbons (Fsp3) is 0.281. The van der Waals surface area contributed by atoms with Crippen molar-refractivity contribution in [3.63, 3.8) is 0 Å². The molecule has 1 saturated heterocycles. The Morgan fingerprint density at radius 1 is 0.895 bits per heavy atom. The molecular formula is C32H37BN4O.